The van der Waals surface area contributed by atoms with Crippen LogP contribution in [0.2, 0.25) is 0 Å². The molecule has 170 valence electrons. The molecule has 1 atom stereocenters. The van der Waals surface area contributed by atoms with Gasteiger partial charge in [-0.05, 0) is 12.8 Å². The standard InChI is InChI=1S/C24H46N2O3/c1-3-4-5-6-7-8-9-10-11-12-13-14-15-16-17-18-24(29)26-22(21(2)27)19-20-23(25)28/h22,27H,2-20H2,1H3,(H2,25,28)(H,26,29). The third kappa shape index (κ3) is 19.6. The maximum absolute atomic E-state index is 12.0. The Morgan fingerprint density at radius 1 is 0.793 bits per heavy atom. The summed E-state index contributed by atoms with van der Waals surface area (Å²) in [6.45, 7) is 5.71. The van der Waals surface area contributed by atoms with Gasteiger partial charge in [0.15, 0.2) is 0 Å². The molecule has 0 aromatic rings. The fourth-order valence-corrected chi connectivity index (χ4v) is 3.53. The van der Waals surface area contributed by atoms with E-state index in [1.165, 1.54) is 83.5 Å². The zero-order chi connectivity index (χ0) is 21.7. The van der Waals surface area contributed by atoms with Gasteiger partial charge in [0, 0.05) is 12.8 Å². The molecule has 0 spiro atoms. The van der Waals surface area contributed by atoms with Gasteiger partial charge in [-0.1, -0.05) is 103 Å². The molecule has 5 heteroatoms. The largest absolute Gasteiger partial charge is 0.511 e. The molecule has 0 radical (unpaired) electrons. The molecule has 1 unspecified atom stereocenters. The molecule has 29 heavy (non-hydrogen) atoms. The zero-order valence-corrected chi connectivity index (χ0v) is 18.9. The second-order valence-corrected chi connectivity index (χ2v) is 8.32. The predicted octanol–water partition coefficient (Wildman–Crippen LogP) is 6.07. The Kier molecular flexibility index (Phi) is 18.7. The van der Waals surface area contributed by atoms with Crippen LogP contribution in [0.3, 0.4) is 0 Å². The van der Waals surface area contributed by atoms with Crippen LogP contribution >= 0.6 is 0 Å². The van der Waals surface area contributed by atoms with E-state index in [-0.39, 0.29) is 24.5 Å². The predicted molar refractivity (Wildman–Crippen MR) is 122 cm³/mol. The van der Waals surface area contributed by atoms with Gasteiger partial charge in [0.25, 0.3) is 0 Å². The molecule has 4 N–H and O–H groups in total. The van der Waals surface area contributed by atoms with E-state index < -0.39 is 11.9 Å². The number of nitrogens with two attached hydrogens (primary N) is 1. The van der Waals surface area contributed by atoms with Crippen molar-refractivity contribution in [3.63, 3.8) is 0 Å². The highest BCUT2D eigenvalue weighted by molar-refractivity contribution is 5.77. The highest BCUT2D eigenvalue weighted by Crippen LogP contribution is 2.14. The van der Waals surface area contributed by atoms with Gasteiger partial charge in [0.1, 0.15) is 5.76 Å². The van der Waals surface area contributed by atoms with E-state index in [2.05, 4.69) is 18.8 Å². The van der Waals surface area contributed by atoms with E-state index in [0.29, 0.717) is 6.42 Å². The first-order valence-electron chi connectivity index (χ1n) is 11.9. The summed E-state index contributed by atoms with van der Waals surface area (Å²) in [5.41, 5.74) is 5.11. The number of hydrogen-bond acceptors (Lipinski definition) is 3. The maximum Gasteiger partial charge on any atom is 0.220 e. The van der Waals surface area contributed by atoms with Crippen molar-refractivity contribution in [2.75, 3.05) is 0 Å². The van der Waals surface area contributed by atoms with Crippen molar-refractivity contribution in [1.29, 1.82) is 0 Å². The van der Waals surface area contributed by atoms with Gasteiger partial charge in [-0.25, -0.2) is 0 Å². The van der Waals surface area contributed by atoms with E-state index in [0.717, 1.165) is 12.8 Å². The average Bonchev–Trinajstić information content (AvgIpc) is 2.67. The second kappa shape index (κ2) is 19.8. The van der Waals surface area contributed by atoms with E-state index in [1.54, 1.807) is 0 Å². The smallest absolute Gasteiger partial charge is 0.220 e. The van der Waals surface area contributed by atoms with Crippen LogP contribution in [-0.4, -0.2) is 23.0 Å². The van der Waals surface area contributed by atoms with Crippen LogP contribution in [0.4, 0.5) is 0 Å². The van der Waals surface area contributed by atoms with Crippen LogP contribution in [0.15, 0.2) is 12.3 Å². The van der Waals surface area contributed by atoms with Crippen molar-refractivity contribution >= 4 is 11.8 Å². The number of carbonyl (C=O) groups excluding carboxylic acids is 2. The molecule has 0 aliphatic heterocycles. The summed E-state index contributed by atoms with van der Waals surface area (Å²) < 4.78 is 0. The molecule has 0 aliphatic carbocycles. The summed E-state index contributed by atoms with van der Waals surface area (Å²) in [6.07, 6.45) is 20.3. The number of rotatable bonds is 21. The Morgan fingerprint density at radius 3 is 1.59 bits per heavy atom. The molecule has 0 saturated carbocycles. The number of aliphatic hydroxyl groups is 1. The normalized spacial score (nSPS) is 11.9. The summed E-state index contributed by atoms with van der Waals surface area (Å²) in [6, 6.07) is -0.591. The quantitative estimate of drug-likeness (QED) is 0.158. The number of amides is 2. The summed E-state index contributed by atoms with van der Waals surface area (Å²) >= 11 is 0. The number of aliphatic hydroxyl groups excluding tert-OH is 1. The van der Waals surface area contributed by atoms with Gasteiger partial charge in [-0.15, -0.1) is 0 Å². The minimum Gasteiger partial charge on any atom is -0.511 e. The fraction of sp³-hybridized carbons (Fsp3) is 0.833. The van der Waals surface area contributed by atoms with Gasteiger partial charge in [-0.2, -0.15) is 0 Å². The lowest BCUT2D eigenvalue weighted by Crippen LogP contribution is -2.36. The first-order chi connectivity index (χ1) is 14.0. The molecule has 5 nitrogen and oxygen atoms in total. The van der Waals surface area contributed by atoms with Crippen molar-refractivity contribution in [3.8, 4) is 0 Å². The van der Waals surface area contributed by atoms with Crippen LogP contribution in [0.25, 0.3) is 0 Å². The van der Waals surface area contributed by atoms with Crippen LogP contribution in [0.5, 0.6) is 0 Å². The van der Waals surface area contributed by atoms with Crippen LogP contribution in [-0.2, 0) is 9.59 Å². The van der Waals surface area contributed by atoms with Crippen LogP contribution < -0.4 is 11.1 Å². The van der Waals surface area contributed by atoms with Crippen LogP contribution in [0, 0.1) is 0 Å². The molecule has 0 rings (SSSR count). The van der Waals surface area contributed by atoms with E-state index >= 15 is 0 Å². The minimum absolute atomic E-state index is 0.107. The van der Waals surface area contributed by atoms with Gasteiger partial charge in [0.05, 0.1) is 6.04 Å². The fourth-order valence-electron chi connectivity index (χ4n) is 3.53. The van der Waals surface area contributed by atoms with E-state index in [9.17, 15) is 14.7 Å². The lowest BCUT2D eigenvalue weighted by molar-refractivity contribution is -0.122. The Morgan fingerprint density at radius 2 is 1.21 bits per heavy atom. The summed E-state index contributed by atoms with van der Waals surface area (Å²) in [4.78, 5) is 22.8. The Bertz CT molecular complexity index is 438. The molecule has 2 amide bonds. The molecule has 0 aromatic carbocycles. The highest BCUT2D eigenvalue weighted by atomic mass is 16.3. The molecule has 0 bridgehead atoms. The molecular weight excluding hydrogens is 364 g/mol. The van der Waals surface area contributed by atoms with Gasteiger partial charge >= 0.3 is 0 Å². The van der Waals surface area contributed by atoms with Gasteiger partial charge in [0.2, 0.25) is 11.8 Å². The molecule has 0 saturated heterocycles. The molecule has 0 heterocycles. The van der Waals surface area contributed by atoms with Crippen molar-refractivity contribution in [2.45, 2.75) is 129 Å². The Labute approximate surface area is 178 Å². The number of unbranched alkanes of at least 4 members (excludes halogenated alkanes) is 14. The van der Waals surface area contributed by atoms with E-state index in [4.69, 9.17) is 5.73 Å². The third-order valence-corrected chi connectivity index (χ3v) is 5.42. The van der Waals surface area contributed by atoms with Crippen LogP contribution in [0.1, 0.15) is 122 Å². The Balaban J connectivity index is 3.45. The number of nitrogens with one attached hydrogen (secondary N) is 1. The van der Waals surface area contributed by atoms with E-state index in [1.807, 2.05) is 0 Å². The lowest BCUT2D eigenvalue weighted by Gasteiger charge is -2.16. The molecule has 0 aliphatic rings. The molecule has 0 aromatic heterocycles. The van der Waals surface area contributed by atoms with Crippen molar-refractivity contribution in [2.24, 2.45) is 5.73 Å². The van der Waals surface area contributed by atoms with Gasteiger partial charge in [-0.3, -0.25) is 9.59 Å². The second-order valence-electron chi connectivity index (χ2n) is 8.32. The number of carbonyl (C=O) groups is 2. The van der Waals surface area contributed by atoms with Gasteiger partial charge < -0.3 is 16.2 Å². The Hall–Kier alpha value is -1.52. The summed E-state index contributed by atoms with van der Waals surface area (Å²) in [5.74, 6) is -0.687. The lowest BCUT2D eigenvalue weighted by atomic mass is 10.0. The first-order valence-corrected chi connectivity index (χ1v) is 11.9. The zero-order valence-electron chi connectivity index (χ0n) is 18.9. The first kappa shape index (κ1) is 27.5. The minimum atomic E-state index is -0.591. The SMILES string of the molecule is C=C(O)C(CCC(N)=O)NC(=O)CCCCCCCCCCCCCCCCC. The maximum atomic E-state index is 12.0. The molecule has 0 fully saturated rings. The topological polar surface area (TPSA) is 92.4 Å². The van der Waals surface area contributed by atoms with Crippen molar-refractivity contribution in [1.82, 2.24) is 5.32 Å². The third-order valence-electron chi connectivity index (χ3n) is 5.42. The molecular formula is C24H46N2O3. The van der Waals surface area contributed by atoms with Crippen molar-refractivity contribution < 1.29 is 14.7 Å². The number of primary amides is 1. The van der Waals surface area contributed by atoms with Crippen molar-refractivity contribution in [3.05, 3.63) is 12.3 Å². The average molecular weight is 411 g/mol. The number of hydrogen-bond donors (Lipinski definition) is 3. The summed E-state index contributed by atoms with van der Waals surface area (Å²) in [7, 11) is 0. The highest BCUT2D eigenvalue weighted by Gasteiger charge is 2.15. The summed E-state index contributed by atoms with van der Waals surface area (Å²) in [5, 5.41) is 12.2. The monoisotopic (exact) mass is 410 g/mol.